The van der Waals surface area contributed by atoms with E-state index in [-0.39, 0.29) is 11.9 Å². The topological polar surface area (TPSA) is 114 Å². The lowest BCUT2D eigenvalue weighted by molar-refractivity contribution is 0.0687. The Morgan fingerprint density at radius 1 is 1.10 bits per heavy atom. The molecule has 0 bridgehead atoms. The lowest BCUT2D eigenvalue weighted by atomic mass is 9.98. The molecule has 8 nitrogen and oxygen atoms in total. The van der Waals surface area contributed by atoms with Gasteiger partial charge in [-0.15, -0.1) is 0 Å². The number of amides is 1. The summed E-state index contributed by atoms with van der Waals surface area (Å²) < 4.78 is 0. The number of nitrogens with one attached hydrogen (secondary N) is 1. The Kier molecular flexibility index (Phi) is 4.44. The van der Waals surface area contributed by atoms with Gasteiger partial charge in [-0.3, -0.25) is 14.8 Å². The zero-order chi connectivity index (χ0) is 20.5. The summed E-state index contributed by atoms with van der Waals surface area (Å²) in [6, 6.07) is 12.7. The van der Waals surface area contributed by atoms with Gasteiger partial charge in [-0.2, -0.15) is 0 Å². The fourth-order valence-electron chi connectivity index (χ4n) is 3.80. The van der Waals surface area contributed by atoms with Crippen molar-refractivity contribution in [2.75, 3.05) is 12.3 Å². The first-order chi connectivity index (χ1) is 14.7. The van der Waals surface area contributed by atoms with Gasteiger partial charge in [-0.25, -0.2) is 9.97 Å². The molecule has 1 aliphatic heterocycles. The van der Waals surface area contributed by atoms with Crippen LogP contribution in [0.1, 0.15) is 33.5 Å². The zero-order valence-electron chi connectivity index (χ0n) is 16.1. The number of fused-ring (bicyclic) bond motifs is 1. The number of carbonyl (C=O) groups is 1. The SMILES string of the molecule is Nc1cncc(-c2ccc(C(=O)N3CCc4[nH]cnc4C3c3ccccn3)cc2)n1. The summed E-state index contributed by atoms with van der Waals surface area (Å²) in [5.41, 5.74) is 10.5. The van der Waals surface area contributed by atoms with Gasteiger partial charge < -0.3 is 15.6 Å². The minimum Gasteiger partial charge on any atom is -0.382 e. The molecule has 3 aromatic heterocycles. The summed E-state index contributed by atoms with van der Waals surface area (Å²) in [6.07, 6.45) is 7.28. The van der Waals surface area contributed by atoms with Crippen molar-refractivity contribution < 1.29 is 4.79 Å². The van der Waals surface area contributed by atoms with Crippen molar-refractivity contribution in [3.05, 3.63) is 90.0 Å². The van der Waals surface area contributed by atoms with Gasteiger partial charge >= 0.3 is 0 Å². The van der Waals surface area contributed by atoms with Crippen LogP contribution >= 0.6 is 0 Å². The quantitative estimate of drug-likeness (QED) is 0.549. The third kappa shape index (κ3) is 3.18. The van der Waals surface area contributed by atoms with Crippen LogP contribution in [0.2, 0.25) is 0 Å². The fourth-order valence-corrected chi connectivity index (χ4v) is 3.80. The second-order valence-electron chi connectivity index (χ2n) is 7.08. The van der Waals surface area contributed by atoms with E-state index in [4.69, 9.17) is 5.73 Å². The van der Waals surface area contributed by atoms with Crippen molar-refractivity contribution >= 4 is 11.7 Å². The van der Waals surface area contributed by atoms with Crippen LogP contribution in [-0.4, -0.2) is 42.3 Å². The molecule has 0 fully saturated rings. The molecule has 30 heavy (non-hydrogen) atoms. The molecule has 4 heterocycles. The van der Waals surface area contributed by atoms with Gasteiger partial charge in [-0.1, -0.05) is 18.2 Å². The number of nitrogens with zero attached hydrogens (tertiary/aromatic N) is 5. The van der Waals surface area contributed by atoms with E-state index in [0.29, 0.717) is 23.6 Å². The van der Waals surface area contributed by atoms with Crippen molar-refractivity contribution in [1.29, 1.82) is 0 Å². The van der Waals surface area contributed by atoms with E-state index >= 15 is 0 Å². The van der Waals surface area contributed by atoms with E-state index in [9.17, 15) is 4.79 Å². The Balaban J connectivity index is 1.48. The highest BCUT2D eigenvalue weighted by Crippen LogP contribution is 2.33. The van der Waals surface area contributed by atoms with Crippen molar-refractivity contribution in [3.63, 3.8) is 0 Å². The number of nitrogen functional groups attached to an aromatic ring is 1. The minimum atomic E-state index is -0.326. The van der Waals surface area contributed by atoms with Crippen molar-refractivity contribution in [1.82, 2.24) is 29.8 Å². The normalized spacial score (nSPS) is 15.6. The number of hydrogen-bond donors (Lipinski definition) is 2. The lowest BCUT2D eigenvalue weighted by Crippen LogP contribution is -2.41. The van der Waals surface area contributed by atoms with E-state index in [1.54, 1.807) is 30.9 Å². The number of aromatic nitrogens is 5. The number of imidazole rings is 1. The summed E-state index contributed by atoms with van der Waals surface area (Å²) in [5, 5.41) is 0. The molecule has 1 atom stereocenters. The molecule has 3 N–H and O–H groups in total. The number of hydrogen-bond acceptors (Lipinski definition) is 6. The summed E-state index contributed by atoms with van der Waals surface area (Å²) >= 11 is 0. The van der Waals surface area contributed by atoms with E-state index in [2.05, 4.69) is 24.9 Å². The van der Waals surface area contributed by atoms with Crippen LogP contribution in [-0.2, 0) is 6.42 Å². The first kappa shape index (κ1) is 18.0. The van der Waals surface area contributed by atoms with Crippen LogP contribution in [0.15, 0.2) is 67.4 Å². The van der Waals surface area contributed by atoms with Crippen LogP contribution in [0.4, 0.5) is 5.82 Å². The largest absolute Gasteiger partial charge is 0.382 e. The molecule has 8 heteroatoms. The number of nitrogens with two attached hydrogens (primary N) is 1. The molecule has 0 radical (unpaired) electrons. The highest BCUT2D eigenvalue weighted by molar-refractivity contribution is 5.95. The zero-order valence-corrected chi connectivity index (χ0v) is 16.1. The molecule has 1 aliphatic rings. The molecule has 148 valence electrons. The molecular weight excluding hydrogens is 378 g/mol. The Labute approximate surface area is 172 Å². The van der Waals surface area contributed by atoms with Crippen molar-refractivity contribution in [3.8, 4) is 11.3 Å². The second-order valence-corrected chi connectivity index (χ2v) is 7.08. The molecule has 1 aromatic carbocycles. The number of carbonyl (C=O) groups excluding carboxylic acids is 1. The van der Waals surface area contributed by atoms with Gasteiger partial charge in [-0.05, 0) is 24.3 Å². The maximum Gasteiger partial charge on any atom is 0.254 e. The molecule has 0 saturated heterocycles. The van der Waals surface area contributed by atoms with Crippen molar-refractivity contribution in [2.45, 2.75) is 12.5 Å². The molecule has 0 spiro atoms. The lowest BCUT2D eigenvalue weighted by Gasteiger charge is -2.34. The predicted molar refractivity (Wildman–Crippen MR) is 111 cm³/mol. The maximum absolute atomic E-state index is 13.4. The fraction of sp³-hybridized carbons (Fsp3) is 0.136. The third-order valence-electron chi connectivity index (χ3n) is 5.23. The number of rotatable bonds is 3. The molecule has 5 rings (SSSR count). The van der Waals surface area contributed by atoms with Crippen LogP contribution < -0.4 is 5.73 Å². The minimum absolute atomic E-state index is 0.0653. The van der Waals surface area contributed by atoms with Gasteiger partial charge in [0.2, 0.25) is 0 Å². The summed E-state index contributed by atoms with van der Waals surface area (Å²) in [5.74, 6) is 0.290. The van der Waals surface area contributed by atoms with Crippen LogP contribution in [0, 0.1) is 0 Å². The van der Waals surface area contributed by atoms with Gasteiger partial charge in [0.25, 0.3) is 5.91 Å². The van der Waals surface area contributed by atoms with E-state index in [0.717, 1.165) is 29.1 Å². The molecule has 0 aliphatic carbocycles. The van der Waals surface area contributed by atoms with Gasteiger partial charge in [0.05, 0.1) is 35.8 Å². The van der Waals surface area contributed by atoms with Crippen LogP contribution in [0.5, 0.6) is 0 Å². The Hall–Kier alpha value is -4.07. The summed E-state index contributed by atoms with van der Waals surface area (Å²) in [7, 11) is 0. The number of pyridine rings is 1. The summed E-state index contributed by atoms with van der Waals surface area (Å²) in [4.78, 5) is 35.8. The smallest absolute Gasteiger partial charge is 0.254 e. The third-order valence-corrected chi connectivity index (χ3v) is 5.23. The van der Waals surface area contributed by atoms with Gasteiger partial charge in [0.15, 0.2) is 0 Å². The second kappa shape index (κ2) is 7.40. The van der Waals surface area contributed by atoms with Gasteiger partial charge in [0.1, 0.15) is 11.9 Å². The van der Waals surface area contributed by atoms with Crippen molar-refractivity contribution in [2.24, 2.45) is 0 Å². The maximum atomic E-state index is 13.4. The molecule has 4 aromatic rings. The summed E-state index contributed by atoms with van der Waals surface area (Å²) in [6.45, 7) is 0.581. The average Bonchev–Trinajstić information content (AvgIpc) is 3.27. The average molecular weight is 397 g/mol. The van der Waals surface area contributed by atoms with Gasteiger partial charge in [0, 0.05) is 36.0 Å². The van der Waals surface area contributed by atoms with E-state index in [1.165, 1.54) is 6.20 Å². The highest BCUT2D eigenvalue weighted by Gasteiger charge is 2.35. The number of H-pyrrole nitrogens is 1. The Morgan fingerprint density at radius 2 is 1.97 bits per heavy atom. The van der Waals surface area contributed by atoms with E-state index in [1.807, 2.05) is 35.2 Å². The van der Waals surface area contributed by atoms with E-state index < -0.39 is 0 Å². The monoisotopic (exact) mass is 397 g/mol. The highest BCUT2D eigenvalue weighted by atomic mass is 16.2. The Morgan fingerprint density at radius 3 is 2.73 bits per heavy atom. The first-order valence-corrected chi connectivity index (χ1v) is 9.63. The molecular formula is C22H19N7O. The number of aromatic amines is 1. The molecule has 1 unspecified atom stereocenters. The standard InChI is InChI=1S/C22H19N7O/c23-19-12-24-11-18(28-19)14-4-6-15(7-5-14)22(30)29-10-8-16-20(27-13-26-16)21(29)17-3-1-2-9-25-17/h1-7,9,11-13,21H,8,10H2,(H2,23,28)(H,26,27). The number of benzene rings is 1. The van der Waals surface area contributed by atoms with Crippen LogP contribution in [0.3, 0.4) is 0 Å². The predicted octanol–water partition coefficient (Wildman–Crippen LogP) is 2.63. The first-order valence-electron chi connectivity index (χ1n) is 9.63. The molecule has 0 saturated carbocycles. The molecule has 1 amide bonds. The number of anilines is 1. The van der Waals surface area contributed by atoms with Crippen LogP contribution in [0.25, 0.3) is 11.3 Å². The Bertz CT molecular complexity index is 1190.